The molecule has 0 atom stereocenters. The second-order valence-corrected chi connectivity index (χ2v) is 6.87. The van der Waals surface area contributed by atoms with Crippen molar-refractivity contribution in [3.8, 4) is 0 Å². The first kappa shape index (κ1) is 16.9. The molecular formula is C16H15BrN4O2S. The Morgan fingerprint density at radius 3 is 3.04 bits per heavy atom. The van der Waals surface area contributed by atoms with Gasteiger partial charge in [-0.05, 0) is 37.6 Å². The van der Waals surface area contributed by atoms with E-state index in [1.807, 2.05) is 31.2 Å². The van der Waals surface area contributed by atoms with Crippen LogP contribution in [0, 0.1) is 6.92 Å². The molecule has 0 radical (unpaired) electrons. The van der Waals surface area contributed by atoms with Crippen LogP contribution >= 0.6 is 27.7 Å². The summed E-state index contributed by atoms with van der Waals surface area (Å²) in [4.78, 5) is 12.4. The molecule has 1 aliphatic rings. The Bertz CT molecular complexity index is 844. The lowest BCUT2D eigenvalue weighted by atomic mass is 10.1. The van der Waals surface area contributed by atoms with Crippen LogP contribution in [0.4, 0.5) is 0 Å². The summed E-state index contributed by atoms with van der Waals surface area (Å²) in [6.45, 7) is 3.92. The van der Waals surface area contributed by atoms with Crippen LogP contribution in [0.1, 0.15) is 18.3 Å². The molecule has 6 nitrogen and oxygen atoms in total. The number of fused-ring (bicyclic) bond motifs is 1. The number of aryl methyl sites for hydroxylation is 1. The minimum absolute atomic E-state index is 0.311. The molecule has 8 heteroatoms. The Morgan fingerprint density at radius 1 is 1.46 bits per heavy atom. The molecule has 124 valence electrons. The van der Waals surface area contributed by atoms with Crippen molar-refractivity contribution in [2.24, 2.45) is 5.10 Å². The number of ether oxygens (including phenoxy) is 1. The molecule has 0 aliphatic carbocycles. The summed E-state index contributed by atoms with van der Waals surface area (Å²) in [5.74, 6) is 0.836. The standard InChI is InChI=1S/C16H15BrN4O2S/c1-3-23-15(22)13(8-11-5-4-6-12(17)7-11)14-9-24-16-19-18-10(2)21(16)20-14/h4-8H,3,9H2,1-2H3/b13-8-. The summed E-state index contributed by atoms with van der Waals surface area (Å²) in [6, 6.07) is 7.71. The predicted molar refractivity (Wildman–Crippen MR) is 97.1 cm³/mol. The number of thioether (sulfide) groups is 1. The van der Waals surface area contributed by atoms with Gasteiger partial charge >= 0.3 is 5.97 Å². The monoisotopic (exact) mass is 406 g/mol. The maximum atomic E-state index is 12.4. The van der Waals surface area contributed by atoms with Crippen LogP contribution in [0.5, 0.6) is 0 Å². The number of benzene rings is 1. The molecule has 0 saturated carbocycles. The van der Waals surface area contributed by atoms with Crippen molar-refractivity contribution in [2.75, 3.05) is 12.4 Å². The van der Waals surface area contributed by atoms with Crippen LogP contribution in [0.2, 0.25) is 0 Å². The van der Waals surface area contributed by atoms with Gasteiger partial charge < -0.3 is 4.74 Å². The third-order valence-electron chi connectivity index (χ3n) is 3.29. The largest absolute Gasteiger partial charge is 0.462 e. The molecule has 0 unspecified atom stereocenters. The van der Waals surface area contributed by atoms with Crippen molar-refractivity contribution < 1.29 is 9.53 Å². The Kier molecular flexibility index (Phi) is 5.15. The Hall–Kier alpha value is -1.93. The second-order valence-electron chi connectivity index (χ2n) is 5.01. The SMILES string of the molecule is CCOC(=O)/C(=C\c1cccc(Br)c1)C1=Nn2c(C)nnc2SC1. The van der Waals surface area contributed by atoms with Gasteiger partial charge in [0, 0.05) is 10.2 Å². The molecule has 0 spiro atoms. The number of rotatable bonds is 4. The molecule has 0 amide bonds. The zero-order valence-corrected chi connectivity index (χ0v) is 15.6. The van der Waals surface area contributed by atoms with Gasteiger partial charge in [0.1, 0.15) is 0 Å². The zero-order valence-electron chi connectivity index (χ0n) is 13.2. The van der Waals surface area contributed by atoms with Crippen LogP contribution in [-0.4, -0.2) is 38.9 Å². The van der Waals surface area contributed by atoms with Crippen LogP contribution in [0.25, 0.3) is 6.08 Å². The molecular weight excluding hydrogens is 392 g/mol. The van der Waals surface area contributed by atoms with E-state index in [4.69, 9.17) is 4.74 Å². The molecule has 3 rings (SSSR count). The molecule has 2 heterocycles. The first-order valence-corrected chi connectivity index (χ1v) is 9.13. The van der Waals surface area contributed by atoms with Crippen molar-refractivity contribution >= 4 is 45.4 Å². The van der Waals surface area contributed by atoms with Gasteiger partial charge in [-0.1, -0.05) is 39.8 Å². The topological polar surface area (TPSA) is 69.4 Å². The van der Waals surface area contributed by atoms with Crippen molar-refractivity contribution in [2.45, 2.75) is 19.0 Å². The lowest BCUT2D eigenvalue weighted by molar-refractivity contribution is -0.137. The highest BCUT2D eigenvalue weighted by atomic mass is 79.9. The van der Waals surface area contributed by atoms with Gasteiger partial charge in [0.15, 0.2) is 5.82 Å². The van der Waals surface area contributed by atoms with E-state index < -0.39 is 0 Å². The Balaban J connectivity index is 2.04. The van der Waals surface area contributed by atoms with E-state index in [2.05, 4.69) is 31.2 Å². The van der Waals surface area contributed by atoms with Gasteiger partial charge in [-0.3, -0.25) is 0 Å². The molecule has 0 N–H and O–H groups in total. The summed E-state index contributed by atoms with van der Waals surface area (Å²) >= 11 is 4.94. The molecule has 1 aliphatic heterocycles. The van der Waals surface area contributed by atoms with E-state index in [0.717, 1.165) is 15.2 Å². The van der Waals surface area contributed by atoms with E-state index in [-0.39, 0.29) is 5.97 Å². The normalized spacial score (nSPS) is 14.1. The smallest absolute Gasteiger partial charge is 0.340 e. The van der Waals surface area contributed by atoms with Crippen molar-refractivity contribution in [1.29, 1.82) is 0 Å². The van der Waals surface area contributed by atoms with Gasteiger partial charge in [0.25, 0.3) is 0 Å². The fraction of sp³-hybridized carbons (Fsp3) is 0.250. The number of esters is 1. The van der Waals surface area contributed by atoms with Crippen molar-refractivity contribution in [3.05, 3.63) is 45.7 Å². The highest BCUT2D eigenvalue weighted by Crippen LogP contribution is 2.25. The number of nitrogens with zero attached hydrogens (tertiary/aromatic N) is 4. The number of aromatic nitrogens is 3. The van der Waals surface area contributed by atoms with Gasteiger partial charge in [0.05, 0.1) is 17.9 Å². The predicted octanol–water partition coefficient (Wildman–Crippen LogP) is 3.31. The highest BCUT2D eigenvalue weighted by molar-refractivity contribution is 9.10. The molecule has 24 heavy (non-hydrogen) atoms. The third-order valence-corrected chi connectivity index (χ3v) is 4.72. The number of carbonyl (C=O) groups is 1. The highest BCUT2D eigenvalue weighted by Gasteiger charge is 2.24. The van der Waals surface area contributed by atoms with Crippen LogP contribution in [0.3, 0.4) is 0 Å². The molecule has 2 aromatic rings. The number of carbonyl (C=O) groups excluding carboxylic acids is 1. The van der Waals surface area contributed by atoms with Crippen molar-refractivity contribution in [1.82, 2.24) is 14.9 Å². The maximum absolute atomic E-state index is 12.4. The van der Waals surface area contributed by atoms with Crippen LogP contribution in [-0.2, 0) is 9.53 Å². The summed E-state index contributed by atoms with van der Waals surface area (Å²) in [5, 5.41) is 13.3. The van der Waals surface area contributed by atoms with Gasteiger partial charge in [0.2, 0.25) is 5.16 Å². The summed E-state index contributed by atoms with van der Waals surface area (Å²) in [5.41, 5.74) is 1.99. The Labute approximate surface area is 152 Å². The fourth-order valence-corrected chi connectivity index (χ4v) is 3.48. The van der Waals surface area contributed by atoms with Crippen molar-refractivity contribution in [3.63, 3.8) is 0 Å². The molecule has 0 fully saturated rings. The summed E-state index contributed by atoms with van der Waals surface area (Å²) in [6.07, 6.45) is 1.80. The van der Waals surface area contributed by atoms with E-state index in [1.54, 1.807) is 17.7 Å². The minimum atomic E-state index is -0.383. The first-order valence-electron chi connectivity index (χ1n) is 7.36. The van der Waals surface area contributed by atoms with E-state index >= 15 is 0 Å². The van der Waals surface area contributed by atoms with E-state index in [9.17, 15) is 4.79 Å². The van der Waals surface area contributed by atoms with Gasteiger partial charge in [-0.15, -0.1) is 10.2 Å². The van der Waals surface area contributed by atoms with Crippen LogP contribution in [0.15, 0.2) is 44.6 Å². The quantitative estimate of drug-likeness (QED) is 0.575. The van der Waals surface area contributed by atoms with Gasteiger partial charge in [-0.2, -0.15) is 9.78 Å². The zero-order chi connectivity index (χ0) is 17.1. The molecule has 0 bridgehead atoms. The first-order chi connectivity index (χ1) is 11.6. The second kappa shape index (κ2) is 7.31. The van der Waals surface area contributed by atoms with Crippen LogP contribution < -0.4 is 0 Å². The Morgan fingerprint density at radius 2 is 2.29 bits per heavy atom. The summed E-state index contributed by atoms with van der Waals surface area (Å²) in [7, 11) is 0. The average molecular weight is 407 g/mol. The molecule has 1 aromatic heterocycles. The number of hydrogen-bond donors (Lipinski definition) is 0. The van der Waals surface area contributed by atoms with E-state index in [1.165, 1.54) is 11.8 Å². The van der Waals surface area contributed by atoms with Gasteiger partial charge in [-0.25, -0.2) is 4.79 Å². The average Bonchev–Trinajstić information content (AvgIpc) is 2.94. The maximum Gasteiger partial charge on any atom is 0.340 e. The lowest BCUT2D eigenvalue weighted by Crippen LogP contribution is -2.21. The minimum Gasteiger partial charge on any atom is -0.462 e. The summed E-state index contributed by atoms with van der Waals surface area (Å²) < 4.78 is 7.80. The number of hydrogen-bond acceptors (Lipinski definition) is 6. The molecule has 0 saturated heterocycles. The van der Waals surface area contributed by atoms with E-state index in [0.29, 0.717) is 29.5 Å². The third kappa shape index (κ3) is 3.59. The molecule has 1 aromatic carbocycles. The number of halogens is 1. The lowest BCUT2D eigenvalue weighted by Gasteiger charge is -2.15. The fourth-order valence-electron chi connectivity index (χ4n) is 2.19.